The van der Waals surface area contributed by atoms with Crippen molar-refractivity contribution < 1.29 is 14.3 Å². The summed E-state index contributed by atoms with van der Waals surface area (Å²) in [5.74, 6) is 1.02. The fraction of sp³-hybridized carbons (Fsp3) is 0.556. The molecule has 1 amide bonds. The lowest BCUT2D eigenvalue weighted by atomic mass is 10.0. The number of hydrogen-bond donors (Lipinski definition) is 3. The number of aromatic nitrogens is 2. The molecule has 2 aliphatic heterocycles. The van der Waals surface area contributed by atoms with E-state index < -0.39 is 5.91 Å². The summed E-state index contributed by atoms with van der Waals surface area (Å²) < 4.78 is 11.4. The van der Waals surface area contributed by atoms with Gasteiger partial charge in [0.2, 0.25) is 5.95 Å². The largest absolute Gasteiger partial charge is 0.486 e. The summed E-state index contributed by atoms with van der Waals surface area (Å²) in [5, 5.41) is 10.2. The van der Waals surface area contributed by atoms with Crippen molar-refractivity contribution in [2.75, 3.05) is 36.3 Å². The van der Waals surface area contributed by atoms with E-state index in [2.05, 4.69) is 41.0 Å². The highest BCUT2D eigenvalue weighted by atomic mass is 32.2. The molecule has 0 aromatic carbocycles. The monoisotopic (exact) mass is 406 g/mol. The van der Waals surface area contributed by atoms with Gasteiger partial charge in [-0.1, -0.05) is 0 Å². The Morgan fingerprint density at radius 3 is 2.79 bits per heavy atom. The number of amides is 1. The molecule has 0 saturated carbocycles. The Morgan fingerprint density at radius 1 is 1.39 bits per heavy atom. The van der Waals surface area contributed by atoms with Gasteiger partial charge < -0.3 is 30.8 Å². The van der Waals surface area contributed by atoms with E-state index in [1.165, 1.54) is 6.20 Å². The zero-order valence-electron chi connectivity index (χ0n) is 16.5. The van der Waals surface area contributed by atoms with Crippen LogP contribution in [-0.4, -0.2) is 60.2 Å². The Labute approximate surface area is 168 Å². The minimum atomic E-state index is -0.699. The maximum Gasteiger partial charge on any atom is 0.251 e. The Morgan fingerprint density at radius 2 is 2.14 bits per heavy atom. The molecule has 3 rings (SSSR count). The van der Waals surface area contributed by atoms with E-state index in [0.717, 1.165) is 11.9 Å². The van der Waals surface area contributed by atoms with E-state index in [9.17, 15) is 4.79 Å². The lowest BCUT2D eigenvalue weighted by Crippen LogP contribution is -2.56. The normalized spacial score (nSPS) is 22.0. The van der Waals surface area contributed by atoms with Crippen LogP contribution in [0, 0.1) is 5.41 Å². The zero-order chi connectivity index (χ0) is 20.5. The lowest BCUT2D eigenvalue weighted by Gasteiger charge is -2.45. The number of carbonyl (C=O) groups excluding carboxylic acids is 1. The van der Waals surface area contributed by atoms with Crippen molar-refractivity contribution in [1.29, 1.82) is 5.41 Å². The number of morpholine rings is 1. The second-order valence-corrected chi connectivity index (χ2v) is 8.70. The van der Waals surface area contributed by atoms with E-state index in [1.54, 1.807) is 11.8 Å². The first-order chi connectivity index (χ1) is 13.3. The highest BCUT2D eigenvalue weighted by molar-refractivity contribution is 7.99. The molecule has 0 spiro atoms. The molecular weight excluding hydrogens is 380 g/mol. The van der Waals surface area contributed by atoms with Crippen LogP contribution in [0.2, 0.25) is 0 Å². The van der Waals surface area contributed by atoms with Crippen molar-refractivity contribution in [2.24, 2.45) is 5.73 Å². The molecule has 1 aromatic heterocycles. The van der Waals surface area contributed by atoms with E-state index in [4.69, 9.17) is 20.6 Å². The summed E-state index contributed by atoms with van der Waals surface area (Å²) in [5.41, 5.74) is 6.06. The molecule has 1 saturated heterocycles. The van der Waals surface area contributed by atoms with E-state index in [-0.39, 0.29) is 22.4 Å². The molecule has 28 heavy (non-hydrogen) atoms. The van der Waals surface area contributed by atoms with Gasteiger partial charge in [-0.05, 0) is 27.0 Å². The van der Waals surface area contributed by atoms with Crippen LogP contribution >= 0.6 is 11.8 Å². The Kier molecular flexibility index (Phi) is 5.80. The number of anilines is 2. The number of nitrogens with two attached hydrogens (primary N) is 1. The van der Waals surface area contributed by atoms with E-state index >= 15 is 0 Å². The highest BCUT2D eigenvalue weighted by Crippen LogP contribution is 2.45. The standard InChI is InChI=1S/C18H26N6O3S/c1-10-7-26-8-12-9-27-13-14(18(2,3)28-4)22-17(23-16(13)24(10)12)21-6-11(5-19)15(20)25/h5-6,10,12,19H,7-9H2,1-4H3,(H2,20,25)(H,21,22,23)/b11-6+,19-5?/t10-,12+/m1/s1. The van der Waals surface area contributed by atoms with Gasteiger partial charge >= 0.3 is 0 Å². The van der Waals surface area contributed by atoms with Crippen LogP contribution in [0.4, 0.5) is 11.8 Å². The van der Waals surface area contributed by atoms with Gasteiger partial charge in [-0.2, -0.15) is 16.7 Å². The number of primary amides is 1. The fourth-order valence-corrected chi connectivity index (χ4v) is 3.56. The van der Waals surface area contributed by atoms with Crippen LogP contribution in [0.5, 0.6) is 5.75 Å². The Hall–Kier alpha value is -2.33. The third-order valence-corrected chi connectivity index (χ3v) is 6.14. The Bertz CT molecular complexity index is 813. The van der Waals surface area contributed by atoms with Gasteiger partial charge in [0, 0.05) is 12.4 Å². The first-order valence-electron chi connectivity index (χ1n) is 9.02. The average Bonchev–Trinajstić information content (AvgIpc) is 2.67. The van der Waals surface area contributed by atoms with Crippen molar-refractivity contribution in [3.63, 3.8) is 0 Å². The van der Waals surface area contributed by atoms with Gasteiger partial charge in [0.15, 0.2) is 11.6 Å². The molecule has 1 aromatic rings. The molecule has 2 aliphatic rings. The predicted molar refractivity (Wildman–Crippen MR) is 110 cm³/mol. The molecule has 9 nitrogen and oxygen atoms in total. The SMILES string of the molecule is CSC(C)(C)c1nc(N/C=C(\C=N)C(N)=O)nc2c1OC[C@@H]1COC[C@@H](C)N21. The van der Waals surface area contributed by atoms with Gasteiger partial charge in [-0.25, -0.2) is 4.98 Å². The van der Waals surface area contributed by atoms with Crippen molar-refractivity contribution in [3.05, 3.63) is 17.5 Å². The summed E-state index contributed by atoms with van der Waals surface area (Å²) in [4.78, 5) is 22.9. The third kappa shape index (κ3) is 3.79. The molecule has 3 heterocycles. The molecular formula is C18H26N6O3S. The maximum absolute atomic E-state index is 11.4. The van der Waals surface area contributed by atoms with Crippen LogP contribution in [0.25, 0.3) is 0 Å². The van der Waals surface area contributed by atoms with E-state index in [1.807, 2.05) is 6.26 Å². The van der Waals surface area contributed by atoms with Crippen LogP contribution in [0.3, 0.4) is 0 Å². The van der Waals surface area contributed by atoms with Crippen LogP contribution < -0.4 is 20.7 Å². The molecule has 0 aliphatic carbocycles. The quantitative estimate of drug-likeness (QED) is 0.479. The number of thioether (sulfide) groups is 1. The molecule has 152 valence electrons. The number of rotatable bonds is 6. The zero-order valence-corrected chi connectivity index (χ0v) is 17.3. The van der Waals surface area contributed by atoms with Crippen molar-refractivity contribution in [2.45, 2.75) is 37.6 Å². The van der Waals surface area contributed by atoms with Gasteiger partial charge in [0.05, 0.1) is 35.6 Å². The lowest BCUT2D eigenvalue weighted by molar-refractivity contribution is -0.114. The fourth-order valence-electron chi connectivity index (χ4n) is 3.23. The minimum Gasteiger partial charge on any atom is -0.486 e. The second-order valence-electron chi connectivity index (χ2n) is 7.27. The molecule has 0 bridgehead atoms. The number of nitrogens with zero attached hydrogens (tertiary/aromatic N) is 3. The maximum atomic E-state index is 11.4. The van der Waals surface area contributed by atoms with Crippen LogP contribution in [0.15, 0.2) is 11.8 Å². The minimum absolute atomic E-state index is 0.0286. The van der Waals surface area contributed by atoms with Crippen molar-refractivity contribution >= 4 is 35.6 Å². The molecule has 4 N–H and O–H groups in total. The van der Waals surface area contributed by atoms with Crippen molar-refractivity contribution in [1.82, 2.24) is 9.97 Å². The highest BCUT2D eigenvalue weighted by Gasteiger charge is 2.40. The summed E-state index contributed by atoms with van der Waals surface area (Å²) >= 11 is 1.66. The number of carbonyl (C=O) groups is 1. The predicted octanol–water partition coefficient (Wildman–Crippen LogP) is 1.49. The molecule has 0 radical (unpaired) electrons. The van der Waals surface area contributed by atoms with Gasteiger partial charge in [-0.3, -0.25) is 4.79 Å². The summed E-state index contributed by atoms with van der Waals surface area (Å²) in [6, 6.07) is 0.232. The van der Waals surface area contributed by atoms with Gasteiger partial charge in [0.1, 0.15) is 12.3 Å². The van der Waals surface area contributed by atoms with Crippen LogP contribution in [0.1, 0.15) is 26.5 Å². The molecule has 0 unspecified atom stereocenters. The van der Waals surface area contributed by atoms with Gasteiger partial charge in [0.25, 0.3) is 5.91 Å². The first-order valence-corrected chi connectivity index (χ1v) is 10.2. The first kappa shape index (κ1) is 20.4. The molecule has 2 atom stereocenters. The number of fused-ring (bicyclic) bond motifs is 3. The second kappa shape index (κ2) is 7.96. The smallest absolute Gasteiger partial charge is 0.251 e. The molecule has 10 heteroatoms. The summed E-state index contributed by atoms with van der Waals surface area (Å²) in [7, 11) is 0. The van der Waals surface area contributed by atoms with Crippen LogP contribution in [-0.2, 0) is 14.3 Å². The number of nitrogens with one attached hydrogen (secondary N) is 2. The summed E-state index contributed by atoms with van der Waals surface area (Å²) in [6.07, 6.45) is 4.26. The Balaban J connectivity index is 2.10. The number of hydrogen-bond acceptors (Lipinski definition) is 9. The number of ether oxygens (including phenoxy) is 2. The summed E-state index contributed by atoms with van der Waals surface area (Å²) in [6.45, 7) is 7.95. The average molecular weight is 407 g/mol. The topological polar surface area (TPSA) is 126 Å². The van der Waals surface area contributed by atoms with Crippen molar-refractivity contribution in [3.8, 4) is 5.75 Å². The van der Waals surface area contributed by atoms with E-state index in [0.29, 0.717) is 37.3 Å². The molecule has 1 fully saturated rings. The van der Waals surface area contributed by atoms with Gasteiger partial charge in [-0.15, -0.1) is 0 Å². The third-order valence-electron chi connectivity index (χ3n) is 4.93.